The molecule has 2 N–H and O–H groups in total. The van der Waals surface area contributed by atoms with Gasteiger partial charge in [0.1, 0.15) is 17.2 Å². The average Bonchev–Trinajstić information content (AvgIpc) is 3.45. The highest BCUT2D eigenvalue weighted by atomic mass is 32.2. The number of benzene rings is 3. The zero-order valence-electron chi connectivity index (χ0n) is 25.6. The molecule has 0 aliphatic carbocycles. The van der Waals surface area contributed by atoms with Crippen LogP contribution in [0, 0.1) is 0 Å². The highest BCUT2D eigenvalue weighted by molar-refractivity contribution is 8.01. The summed E-state index contributed by atoms with van der Waals surface area (Å²) in [7, 11) is 3.12. The summed E-state index contributed by atoms with van der Waals surface area (Å²) in [5.41, 5.74) is 2.59. The molecule has 0 atom stereocenters. The van der Waals surface area contributed by atoms with E-state index in [-0.39, 0.29) is 17.6 Å². The number of ether oxygens (including phenoxy) is 3. The maximum atomic E-state index is 12.9. The number of carbonyl (C=O) groups excluding carboxylic acids is 2. The lowest BCUT2D eigenvalue weighted by Gasteiger charge is -2.11. The van der Waals surface area contributed by atoms with Gasteiger partial charge in [0.15, 0.2) is 4.34 Å². The van der Waals surface area contributed by atoms with Gasteiger partial charge >= 0.3 is 0 Å². The number of aromatic nitrogens is 1. The third-order valence-corrected chi connectivity index (χ3v) is 9.18. The summed E-state index contributed by atoms with van der Waals surface area (Å²) in [6.07, 6.45) is 10.1. The molecule has 2 amide bonds. The molecule has 0 fully saturated rings. The number of thioether (sulfide) groups is 1. The van der Waals surface area contributed by atoms with Gasteiger partial charge in [-0.25, -0.2) is 4.98 Å². The molecule has 8 nitrogen and oxygen atoms in total. The number of carbonyl (C=O) groups is 2. The van der Waals surface area contributed by atoms with E-state index in [0.717, 1.165) is 26.7 Å². The van der Waals surface area contributed by atoms with Crippen LogP contribution in [0.3, 0.4) is 0 Å². The van der Waals surface area contributed by atoms with Gasteiger partial charge in [-0.2, -0.15) is 0 Å². The lowest BCUT2D eigenvalue weighted by Crippen LogP contribution is -2.14. The fourth-order valence-electron chi connectivity index (χ4n) is 4.60. The van der Waals surface area contributed by atoms with E-state index >= 15 is 0 Å². The third-order valence-electron chi connectivity index (χ3n) is 7.02. The second-order valence-corrected chi connectivity index (χ2v) is 12.6. The maximum Gasteiger partial charge on any atom is 0.255 e. The van der Waals surface area contributed by atoms with E-state index in [2.05, 4.69) is 22.5 Å². The number of rotatable bonds is 18. The number of hydrogen-bond donors (Lipinski definition) is 2. The van der Waals surface area contributed by atoms with Gasteiger partial charge in [-0.05, 0) is 61.0 Å². The van der Waals surface area contributed by atoms with Crippen molar-refractivity contribution in [2.45, 2.75) is 62.6 Å². The van der Waals surface area contributed by atoms with Gasteiger partial charge in [0, 0.05) is 17.3 Å². The zero-order valence-corrected chi connectivity index (χ0v) is 27.3. The van der Waals surface area contributed by atoms with E-state index in [1.165, 1.54) is 68.0 Å². The van der Waals surface area contributed by atoms with Gasteiger partial charge in [-0.1, -0.05) is 63.6 Å². The maximum absolute atomic E-state index is 12.9. The molecule has 1 heterocycles. The van der Waals surface area contributed by atoms with Crippen LogP contribution in [0.15, 0.2) is 65.0 Å². The largest absolute Gasteiger partial charge is 0.497 e. The summed E-state index contributed by atoms with van der Waals surface area (Å²) in [5.74, 6) is 1.76. The number of amides is 2. The smallest absolute Gasteiger partial charge is 0.255 e. The van der Waals surface area contributed by atoms with Crippen molar-refractivity contribution in [1.82, 2.24) is 4.98 Å². The first-order valence-corrected chi connectivity index (χ1v) is 16.9. The summed E-state index contributed by atoms with van der Waals surface area (Å²) >= 11 is 2.83. The number of unbranched alkanes of at least 4 members (excludes halogenated alkanes) is 7. The predicted octanol–water partition coefficient (Wildman–Crippen LogP) is 8.82. The Morgan fingerprint density at radius 1 is 0.818 bits per heavy atom. The van der Waals surface area contributed by atoms with Crippen molar-refractivity contribution in [2.75, 3.05) is 37.2 Å². The van der Waals surface area contributed by atoms with E-state index in [1.54, 1.807) is 44.6 Å². The van der Waals surface area contributed by atoms with Crippen molar-refractivity contribution in [1.29, 1.82) is 0 Å². The molecule has 10 heteroatoms. The standard InChI is InChI=1S/C34H41N3O5S2/c1-4-5-6-7-8-9-10-11-20-42-26-15-12-24(13-16-26)33(39)35-25-14-18-28-31(21-25)44-34(37-28)43-23-32(38)36-29-22-27(40-2)17-19-30(29)41-3/h12-19,21-22H,4-11,20,23H2,1-3H3,(H,35,39)(H,36,38). The van der Waals surface area contributed by atoms with Crippen molar-refractivity contribution >= 4 is 56.5 Å². The van der Waals surface area contributed by atoms with Crippen LogP contribution in [0.5, 0.6) is 17.2 Å². The molecule has 0 spiro atoms. The summed E-state index contributed by atoms with van der Waals surface area (Å²) in [6.45, 7) is 2.93. The Hall–Kier alpha value is -3.76. The number of fused-ring (bicyclic) bond motifs is 1. The molecule has 1 aromatic heterocycles. The minimum Gasteiger partial charge on any atom is -0.497 e. The van der Waals surface area contributed by atoms with Crippen LogP contribution < -0.4 is 24.8 Å². The van der Waals surface area contributed by atoms with Gasteiger partial charge in [0.05, 0.1) is 42.5 Å². The van der Waals surface area contributed by atoms with Crippen molar-refractivity contribution < 1.29 is 23.8 Å². The fraction of sp³-hybridized carbons (Fsp3) is 0.382. The molecule has 4 rings (SSSR count). The number of thiazole rings is 1. The SMILES string of the molecule is CCCCCCCCCCOc1ccc(C(=O)Nc2ccc3nc(SCC(=O)Nc4cc(OC)ccc4OC)sc3c2)cc1. The summed E-state index contributed by atoms with van der Waals surface area (Å²) in [4.78, 5) is 30.1. The summed E-state index contributed by atoms with van der Waals surface area (Å²) < 4.78 is 18.1. The highest BCUT2D eigenvalue weighted by Crippen LogP contribution is 2.33. The Bertz CT molecular complexity index is 1510. The van der Waals surface area contributed by atoms with Gasteiger partial charge in [0.25, 0.3) is 5.91 Å². The molecule has 0 saturated carbocycles. The summed E-state index contributed by atoms with van der Waals surface area (Å²) in [5, 5.41) is 5.84. The Labute approximate surface area is 267 Å². The molecule has 0 aliphatic heterocycles. The zero-order chi connectivity index (χ0) is 31.1. The van der Waals surface area contributed by atoms with Crippen molar-refractivity contribution in [2.24, 2.45) is 0 Å². The molecule has 0 radical (unpaired) electrons. The fourth-order valence-corrected chi connectivity index (χ4v) is 6.51. The van der Waals surface area contributed by atoms with E-state index < -0.39 is 0 Å². The molecule has 0 bridgehead atoms. The Kier molecular flexibility index (Phi) is 13.2. The molecular weight excluding hydrogens is 595 g/mol. The van der Waals surface area contributed by atoms with Gasteiger partial charge < -0.3 is 24.8 Å². The van der Waals surface area contributed by atoms with Crippen LogP contribution >= 0.6 is 23.1 Å². The Morgan fingerprint density at radius 2 is 1.55 bits per heavy atom. The topological polar surface area (TPSA) is 98.8 Å². The van der Waals surface area contributed by atoms with E-state index in [1.807, 2.05) is 30.3 Å². The van der Waals surface area contributed by atoms with Crippen molar-refractivity contribution in [3.63, 3.8) is 0 Å². The first-order chi connectivity index (χ1) is 21.5. The van der Waals surface area contributed by atoms with Gasteiger partial charge in [0.2, 0.25) is 5.91 Å². The van der Waals surface area contributed by atoms with Crippen LogP contribution in [-0.2, 0) is 4.79 Å². The number of anilines is 2. The lowest BCUT2D eigenvalue weighted by molar-refractivity contribution is -0.113. The molecule has 234 valence electrons. The van der Waals surface area contributed by atoms with Gasteiger partial charge in [-0.3, -0.25) is 9.59 Å². The predicted molar refractivity (Wildman–Crippen MR) is 181 cm³/mol. The number of nitrogens with zero attached hydrogens (tertiary/aromatic N) is 1. The minimum atomic E-state index is -0.192. The van der Waals surface area contributed by atoms with Crippen LogP contribution in [0.25, 0.3) is 10.2 Å². The van der Waals surface area contributed by atoms with Crippen molar-refractivity contribution in [3.05, 3.63) is 66.2 Å². The molecule has 3 aromatic carbocycles. The quantitative estimate of drug-likeness (QED) is 0.0833. The molecule has 0 unspecified atom stereocenters. The lowest BCUT2D eigenvalue weighted by atomic mass is 10.1. The monoisotopic (exact) mass is 635 g/mol. The van der Waals surface area contributed by atoms with Crippen LogP contribution in [0.1, 0.15) is 68.6 Å². The average molecular weight is 636 g/mol. The highest BCUT2D eigenvalue weighted by Gasteiger charge is 2.13. The molecule has 0 saturated heterocycles. The molecule has 4 aromatic rings. The van der Waals surface area contributed by atoms with Crippen LogP contribution in [0.4, 0.5) is 11.4 Å². The number of nitrogens with one attached hydrogen (secondary N) is 2. The number of hydrogen-bond acceptors (Lipinski definition) is 8. The van der Waals surface area contributed by atoms with Crippen molar-refractivity contribution in [3.8, 4) is 17.2 Å². The van der Waals surface area contributed by atoms with E-state index in [9.17, 15) is 9.59 Å². The molecule has 0 aliphatic rings. The normalized spacial score (nSPS) is 10.9. The Balaban J connectivity index is 1.23. The third kappa shape index (κ3) is 10.2. The number of methoxy groups -OCH3 is 2. The summed E-state index contributed by atoms with van der Waals surface area (Å²) in [6, 6.07) is 18.1. The Morgan fingerprint density at radius 3 is 2.27 bits per heavy atom. The molecule has 44 heavy (non-hydrogen) atoms. The second-order valence-electron chi connectivity index (χ2n) is 10.4. The van der Waals surface area contributed by atoms with E-state index in [0.29, 0.717) is 35.0 Å². The first-order valence-electron chi connectivity index (χ1n) is 15.1. The van der Waals surface area contributed by atoms with Crippen LogP contribution in [0.2, 0.25) is 0 Å². The van der Waals surface area contributed by atoms with Crippen LogP contribution in [-0.4, -0.2) is 43.4 Å². The second kappa shape index (κ2) is 17.5. The van der Waals surface area contributed by atoms with E-state index in [4.69, 9.17) is 14.2 Å². The first kappa shape index (κ1) is 33.1. The van der Waals surface area contributed by atoms with Gasteiger partial charge in [-0.15, -0.1) is 11.3 Å². The minimum absolute atomic E-state index is 0.182. The molecular formula is C34H41N3O5S2.